The van der Waals surface area contributed by atoms with Gasteiger partial charge in [-0.25, -0.2) is 8.78 Å². The smallest absolute Gasteiger partial charge is 0.149 e. The number of halogens is 3. The molecule has 0 amide bonds. The third-order valence-corrected chi connectivity index (χ3v) is 3.88. The number of aliphatic hydroxyl groups is 1. The number of nitrogens with zero attached hydrogens (tertiary/aromatic N) is 1. The number of hydrogen-bond donors (Lipinski definition) is 1. The second kappa shape index (κ2) is 5.86. The van der Waals surface area contributed by atoms with Crippen LogP contribution in [0.15, 0.2) is 24.3 Å². The number of benzene rings is 1. The SMILES string of the molecule is CN(Cc1ccc(Cl)s1)c1c(F)cc(CO)cc1F. The lowest BCUT2D eigenvalue weighted by molar-refractivity contribution is 0.280. The van der Waals surface area contributed by atoms with Crippen LogP contribution in [0.4, 0.5) is 14.5 Å². The molecule has 0 bridgehead atoms. The Bertz CT molecular complexity index is 565. The van der Waals surface area contributed by atoms with Gasteiger partial charge in [0.1, 0.15) is 17.3 Å². The van der Waals surface area contributed by atoms with E-state index < -0.39 is 18.2 Å². The molecule has 0 unspecified atom stereocenters. The van der Waals surface area contributed by atoms with Crippen molar-refractivity contribution < 1.29 is 13.9 Å². The summed E-state index contributed by atoms with van der Waals surface area (Å²) in [6.07, 6.45) is 0. The molecule has 0 spiro atoms. The first-order chi connectivity index (χ1) is 9.01. The lowest BCUT2D eigenvalue weighted by atomic mass is 10.2. The van der Waals surface area contributed by atoms with E-state index in [-0.39, 0.29) is 11.3 Å². The predicted octanol–water partition coefficient (Wildman–Crippen LogP) is 3.81. The topological polar surface area (TPSA) is 23.5 Å². The van der Waals surface area contributed by atoms with Crippen molar-refractivity contribution in [2.75, 3.05) is 11.9 Å². The van der Waals surface area contributed by atoms with E-state index in [0.717, 1.165) is 17.0 Å². The molecule has 0 saturated carbocycles. The minimum Gasteiger partial charge on any atom is -0.392 e. The summed E-state index contributed by atoms with van der Waals surface area (Å²) in [6, 6.07) is 5.84. The van der Waals surface area contributed by atoms with E-state index in [1.54, 1.807) is 13.1 Å². The Balaban J connectivity index is 2.26. The van der Waals surface area contributed by atoms with Crippen molar-refractivity contribution in [2.45, 2.75) is 13.2 Å². The largest absolute Gasteiger partial charge is 0.392 e. The monoisotopic (exact) mass is 303 g/mol. The molecule has 2 rings (SSSR count). The number of thiophene rings is 1. The number of aliphatic hydroxyl groups excluding tert-OH is 1. The fourth-order valence-corrected chi connectivity index (χ4v) is 2.96. The van der Waals surface area contributed by atoms with E-state index in [1.807, 2.05) is 6.07 Å². The number of anilines is 1. The highest BCUT2D eigenvalue weighted by Crippen LogP contribution is 2.28. The fourth-order valence-electron chi connectivity index (χ4n) is 1.82. The third-order valence-electron chi connectivity index (χ3n) is 2.66. The summed E-state index contributed by atoms with van der Waals surface area (Å²) in [6.45, 7) is -0.0257. The molecule has 0 atom stereocenters. The van der Waals surface area contributed by atoms with Gasteiger partial charge in [0.05, 0.1) is 17.5 Å². The Morgan fingerprint density at radius 1 is 1.26 bits per heavy atom. The van der Waals surface area contributed by atoms with Crippen LogP contribution in [0.1, 0.15) is 10.4 Å². The van der Waals surface area contributed by atoms with Crippen LogP contribution in [-0.2, 0) is 13.2 Å². The lowest BCUT2D eigenvalue weighted by Crippen LogP contribution is -2.18. The first-order valence-electron chi connectivity index (χ1n) is 5.55. The van der Waals surface area contributed by atoms with Crippen molar-refractivity contribution in [3.8, 4) is 0 Å². The molecule has 1 aromatic carbocycles. The average Bonchev–Trinajstić information content (AvgIpc) is 2.73. The van der Waals surface area contributed by atoms with Gasteiger partial charge in [0.15, 0.2) is 0 Å². The quantitative estimate of drug-likeness (QED) is 0.928. The number of rotatable bonds is 4. The molecule has 2 aromatic rings. The Morgan fingerprint density at radius 2 is 1.89 bits per heavy atom. The maximum atomic E-state index is 13.8. The summed E-state index contributed by atoms with van der Waals surface area (Å²) in [5, 5.41) is 8.89. The van der Waals surface area contributed by atoms with Crippen molar-refractivity contribution in [3.05, 3.63) is 50.7 Å². The Labute approximate surface area is 118 Å². The van der Waals surface area contributed by atoms with Crippen LogP contribution in [0.3, 0.4) is 0 Å². The van der Waals surface area contributed by atoms with Crippen LogP contribution < -0.4 is 4.90 Å². The lowest BCUT2D eigenvalue weighted by Gasteiger charge is -2.20. The maximum absolute atomic E-state index is 13.8. The van der Waals surface area contributed by atoms with Gasteiger partial charge in [-0.3, -0.25) is 0 Å². The minimum absolute atomic E-state index is 0.110. The van der Waals surface area contributed by atoms with Crippen LogP contribution in [0.5, 0.6) is 0 Å². The van der Waals surface area contributed by atoms with E-state index in [2.05, 4.69) is 0 Å². The summed E-state index contributed by atoms with van der Waals surface area (Å²) in [5.41, 5.74) is 0.105. The molecule has 0 aliphatic heterocycles. The fraction of sp³-hybridized carbons (Fsp3) is 0.231. The van der Waals surface area contributed by atoms with E-state index in [4.69, 9.17) is 16.7 Å². The molecule has 0 aliphatic carbocycles. The minimum atomic E-state index is -0.686. The van der Waals surface area contributed by atoms with E-state index in [0.29, 0.717) is 10.9 Å². The molecule has 19 heavy (non-hydrogen) atoms. The van der Waals surface area contributed by atoms with Crippen LogP contribution in [0.25, 0.3) is 0 Å². The van der Waals surface area contributed by atoms with Gasteiger partial charge in [0.2, 0.25) is 0 Å². The zero-order valence-corrected chi connectivity index (χ0v) is 11.7. The molecule has 0 fully saturated rings. The zero-order valence-electron chi connectivity index (χ0n) is 10.2. The van der Waals surface area contributed by atoms with Crippen molar-refractivity contribution in [1.82, 2.24) is 0 Å². The normalized spacial score (nSPS) is 10.8. The Kier molecular flexibility index (Phi) is 4.39. The third kappa shape index (κ3) is 3.23. The van der Waals surface area contributed by atoms with Crippen molar-refractivity contribution in [1.29, 1.82) is 0 Å². The zero-order chi connectivity index (χ0) is 14.0. The van der Waals surface area contributed by atoms with Gasteiger partial charge >= 0.3 is 0 Å². The van der Waals surface area contributed by atoms with Gasteiger partial charge in [-0.05, 0) is 29.8 Å². The number of hydrogen-bond acceptors (Lipinski definition) is 3. The summed E-state index contributed by atoms with van der Waals surface area (Å²) in [7, 11) is 1.60. The highest BCUT2D eigenvalue weighted by atomic mass is 35.5. The van der Waals surface area contributed by atoms with Gasteiger partial charge in [-0.15, -0.1) is 11.3 Å². The van der Waals surface area contributed by atoms with Gasteiger partial charge in [0.25, 0.3) is 0 Å². The Hall–Kier alpha value is -1.17. The van der Waals surface area contributed by atoms with Crippen LogP contribution in [-0.4, -0.2) is 12.2 Å². The molecular weight excluding hydrogens is 292 g/mol. The van der Waals surface area contributed by atoms with Gasteiger partial charge < -0.3 is 10.0 Å². The van der Waals surface area contributed by atoms with E-state index in [9.17, 15) is 8.78 Å². The first kappa shape index (κ1) is 14.2. The Morgan fingerprint density at radius 3 is 2.37 bits per heavy atom. The highest BCUT2D eigenvalue weighted by molar-refractivity contribution is 7.16. The van der Waals surface area contributed by atoms with Crippen molar-refractivity contribution in [2.24, 2.45) is 0 Å². The summed E-state index contributed by atoms with van der Waals surface area (Å²) >= 11 is 7.19. The van der Waals surface area contributed by atoms with E-state index in [1.165, 1.54) is 16.2 Å². The van der Waals surface area contributed by atoms with Crippen molar-refractivity contribution >= 4 is 28.6 Å². The summed E-state index contributed by atoms with van der Waals surface area (Å²) < 4.78 is 28.3. The van der Waals surface area contributed by atoms with Gasteiger partial charge in [-0.2, -0.15) is 0 Å². The van der Waals surface area contributed by atoms with E-state index >= 15 is 0 Å². The molecule has 2 nitrogen and oxygen atoms in total. The highest BCUT2D eigenvalue weighted by Gasteiger charge is 2.16. The molecule has 1 N–H and O–H groups in total. The molecule has 0 aliphatic rings. The molecular formula is C13H12ClF2NOS. The molecule has 1 aromatic heterocycles. The molecule has 0 saturated heterocycles. The molecule has 1 heterocycles. The first-order valence-corrected chi connectivity index (χ1v) is 6.75. The van der Waals surface area contributed by atoms with Crippen molar-refractivity contribution in [3.63, 3.8) is 0 Å². The summed E-state index contributed by atoms with van der Waals surface area (Å²) in [4.78, 5) is 2.39. The summed E-state index contributed by atoms with van der Waals surface area (Å²) in [5.74, 6) is -1.37. The second-order valence-electron chi connectivity index (χ2n) is 4.13. The second-order valence-corrected chi connectivity index (χ2v) is 5.93. The van der Waals surface area contributed by atoms with Gasteiger partial charge in [0, 0.05) is 11.9 Å². The maximum Gasteiger partial charge on any atom is 0.149 e. The standard InChI is InChI=1S/C13H12ClF2NOS/c1-17(6-9-2-3-12(14)19-9)13-10(15)4-8(7-18)5-11(13)16/h2-5,18H,6-7H2,1H3. The van der Waals surface area contributed by atoms with Gasteiger partial charge in [-0.1, -0.05) is 11.6 Å². The average molecular weight is 304 g/mol. The van der Waals surface area contributed by atoms with Crippen LogP contribution in [0.2, 0.25) is 4.34 Å². The molecule has 6 heteroatoms. The molecule has 102 valence electrons. The van der Waals surface area contributed by atoms with Crippen LogP contribution in [0, 0.1) is 11.6 Å². The molecule has 0 radical (unpaired) electrons. The predicted molar refractivity (Wildman–Crippen MR) is 73.7 cm³/mol. The van der Waals surface area contributed by atoms with Crippen LogP contribution >= 0.6 is 22.9 Å².